The predicted octanol–water partition coefficient (Wildman–Crippen LogP) is 1.57. The highest BCUT2D eigenvalue weighted by Gasteiger charge is 2.14. The van der Waals surface area contributed by atoms with Crippen LogP contribution in [-0.2, 0) is 10.0 Å². The molecule has 1 N–H and O–H groups in total. The third kappa shape index (κ3) is 2.27. The van der Waals surface area contributed by atoms with Crippen molar-refractivity contribution in [3.05, 3.63) is 36.0 Å². The van der Waals surface area contributed by atoms with Crippen molar-refractivity contribution in [2.75, 3.05) is 6.26 Å². The van der Waals surface area contributed by atoms with E-state index in [0.717, 1.165) is 10.2 Å². The molecular formula is C10H10ClNO4S. The van der Waals surface area contributed by atoms with E-state index in [1.54, 1.807) is 6.07 Å². The van der Waals surface area contributed by atoms with Gasteiger partial charge in [-0.3, -0.25) is 0 Å². The Kier molecular flexibility index (Phi) is 3.49. The number of benzene rings is 1. The summed E-state index contributed by atoms with van der Waals surface area (Å²) in [4.78, 5) is 10.9. The molecular weight excluding hydrogens is 266 g/mol. The molecule has 0 radical (unpaired) electrons. The molecule has 7 heteroatoms. The van der Waals surface area contributed by atoms with Gasteiger partial charge in [0.1, 0.15) is 0 Å². The SMILES string of the molecule is CS(=O)(=O)n1ccc2c(C(=O)O)cccc21.Cl. The Bertz CT molecular complexity index is 675. The Morgan fingerprint density at radius 3 is 2.47 bits per heavy atom. The summed E-state index contributed by atoms with van der Waals surface area (Å²) in [5.41, 5.74) is 0.474. The summed E-state index contributed by atoms with van der Waals surface area (Å²) < 4.78 is 23.9. The van der Waals surface area contributed by atoms with E-state index < -0.39 is 16.0 Å². The van der Waals surface area contributed by atoms with E-state index >= 15 is 0 Å². The van der Waals surface area contributed by atoms with Crippen molar-refractivity contribution in [1.82, 2.24) is 3.97 Å². The molecule has 1 heterocycles. The molecule has 0 aliphatic heterocycles. The molecule has 0 atom stereocenters. The van der Waals surface area contributed by atoms with E-state index in [0.29, 0.717) is 10.9 Å². The number of fused-ring (bicyclic) bond motifs is 1. The lowest BCUT2D eigenvalue weighted by atomic mass is 10.1. The smallest absolute Gasteiger partial charge is 0.336 e. The van der Waals surface area contributed by atoms with Crippen LogP contribution < -0.4 is 0 Å². The fourth-order valence-corrected chi connectivity index (χ4v) is 2.42. The first-order chi connectivity index (χ1) is 7.41. The van der Waals surface area contributed by atoms with Crippen LogP contribution in [0.15, 0.2) is 30.5 Å². The summed E-state index contributed by atoms with van der Waals surface area (Å²) in [6, 6.07) is 6.02. The highest BCUT2D eigenvalue weighted by Crippen LogP contribution is 2.21. The second kappa shape index (κ2) is 4.38. The maximum Gasteiger partial charge on any atom is 0.336 e. The summed E-state index contributed by atoms with van der Waals surface area (Å²) >= 11 is 0. The maximum absolute atomic E-state index is 11.4. The van der Waals surface area contributed by atoms with Gasteiger partial charge in [0.2, 0.25) is 10.0 Å². The standard InChI is InChI=1S/C10H9NO4S.ClH/c1-16(14,15)11-6-5-7-8(10(12)13)3-2-4-9(7)11;/h2-6H,1H3,(H,12,13);1H. The topological polar surface area (TPSA) is 76.4 Å². The molecule has 0 amide bonds. The Balaban J connectivity index is 0.00000144. The fourth-order valence-electron chi connectivity index (χ4n) is 1.62. The van der Waals surface area contributed by atoms with Crippen LogP contribution in [-0.4, -0.2) is 29.7 Å². The van der Waals surface area contributed by atoms with Crippen molar-refractivity contribution in [3.63, 3.8) is 0 Å². The zero-order valence-electron chi connectivity index (χ0n) is 8.82. The Labute approximate surface area is 104 Å². The largest absolute Gasteiger partial charge is 0.478 e. The lowest BCUT2D eigenvalue weighted by Gasteiger charge is -2.02. The molecule has 2 rings (SSSR count). The van der Waals surface area contributed by atoms with Gasteiger partial charge in [-0.15, -0.1) is 12.4 Å². The van der Waals surface area contributed by atoms with E-state index in [1.165, 1.54) is 24.4 Å². The van der Waals surface area contributed by atoms with Crippen LogP contribution in [0.3, 0.4) is 0 Å². The normalized spacial score (nSPS) is 11.1. The molecule has 0 bridgehead atoms. The fraction of sp³-hybridized carbons (Fsp3) is 0.100. The minimum Gasteiger partial charge on any atom is -0.478 e. The molecule has 0 spiro atoms. The van der Waals surface area contributed by atoms with Crippen LogP contribution in [0.4, 0.5) is 0 Å². The van der Waals surface area contributed by atoms with Gasteiger partial charge in [-0.1, -0.05) is 6.07 Å². The van der Waals surface area contributed by atoms with Gasteiger partial charge in [0.25, 0.3) is 0 Å². The molecule has 17 heavy (non-hydrogen) atoms. The van der Waals surface area contributed by atoms with Crippen LogP contribution in [0.5, 0.6) is 0 Å². The van der Waals surface area contributed by atoms with Crippen molar-refractivity contribution in [3.8, 4) is 0 Å². The summed E-state index contributed by atoms with van der Waals surface area (Å²) in [6.07, 6.45) is 2.42. The van der Waals surface area contributed by atoms with E-state index in [9.17, 15) is 13.2 Å². The van der Waals surface area contributed by atoms with Gasteiger partial charge in [0.05, 0.1) is 17.3 Å². The van der Waals surface area contributed by atoms with E-state index in [-0.39, 0.29) is 18.0 Å². The van der Waals surface area contributed by atoms with E-state index in [1.807, 2.05) is 0 Å². The maximum atomic E-state index is 11.4. The highest BCUT2D eigenvalue weighted by molar-refractivity contribution is 7.89. The number of nitrogens with zero attached hydrogens (tertiary/aromatic N) is 1. The zero-order valence-corrected chi connectivity index (χ0v) is 10.5. The molecule has 1 aromatic heterocycles. The van der Waals surface area contributed by atoms with Gasteiger partial charge >= 0.3 is 5.97 Å². The van der Waals surface area contributed by atoms with Crippen LogP contribution in [0, 0.1) is 0 Å². The average molecular weight is 276 g/mol. The number of halogens is 1. The van der Waals surface area contributed by atoms with Gasteiger partial charge in [0.15, 0.2) is 0 Å². The molecule has 0 aliphatic carbocycles. The van der Waals surface area contributed by atoms with Crippen molar-refractivity contribution in [2.45, 2.75) is 0 Å². The molecule has 1 aromatic carbocycles. The third-order valence-corrected chi connectivity index (χ3v) is 3.32. The van der Waals surface area contributed by atoms with Gasteiger partial charge in [-0.2, -0.15) is 0 Å². The minimum absolute atomic E-state index is 0. The molecule has 0 fully saturated rings. The molecule has 0 aliphatic rings. The van der Waals surface area contributed by atoms with Crippen molar-refractivity contribution in [1.29, 1.82) is 0 Å². The van der Waals surface area contributed by atoms with Crippen LogP contribution in [0.2, 0.25) is 0 Å². The Morgan fingerprint density at radius 1 is 1.29 bits per heavy atom. The average Bonchev–Trinajstić information content (AvgIpc) is 2.59. The van der Waals surface area contributed by atoms with Crippen LogP contribution >= 0.6 is 12.4 Å². The lowest BCUT2D eigenvalue weighted by Crippen LogP contribution is -2.08. The number of hydrogen-bond donors (Lipinski definition) is 1. The highest BCUT2D eigenvalue weighted by atomic mass is 35.5. The quantitative estimate of drug-likeness (QED) is 0.902. The number of rotatable bonds is 2. The first-order valence-electron chi connectivity index (χ1n) is 4.45. The van der Waals surface area contributed by atoms with Crippen LogP contribution in [0.1, 0.15) is 10.4 Å². The lowest BCUT2D eigenvalue weighted by molar-refractivity contribution is 0.0699. The number of aromatic carboxylic acids is 1. The van der Waals surface area contributed by atoms with E-state index in [2.05, 4.69) is 0 Å². The second-order valence-electron chi connectivity index (χ2n) is 3.42. The molecule has 0 saturated heterocycles. The summed E-state index contributed by atoms with van der Waals surface area (Å²) in [7, 11) is -3.40. The molecule has 2 aromatic rings. The number of carboxylic acids is 1. The van der Waals surface area contributed by atoms with Gasteiger partial charge < -0.3 is 5.11 Å². The van der Waals surface area contributed by atoms with Crippen LogP contribution in [0.25, 0.3) is 10.9 Å². The minimum atomic E-state index is -3.40. The monoisotopic (exact) mass is 275 g/mol. The number of carboxylic acid groups (broad SMARTS) is 1. The summed E-state index contributed by atoms with van der Waals surface area (Å²) in [6.45, 7) is 0. The number of carbonyl (C=O) groups is 1. The molecule has 5 nitrogen and oxygen atoms in total. The molecule has 0 saturated carbocycles. The first kappa shape index (κ1) is 13.5. The van der Waals surface area contributed by atoms with Gasteiger partial charge in [-0.25, -0.2) is 17.2 Å². The van der Waals surface area contributed by atoms with E-state index in [4.69, 9.17) is 5.11 Å². The van der Waals surface area contributed by atoms with Crippen molar-refractivity contribution in [2.24, 2.45) is 0 Å². The van der Waals surface area contributed by atoms with Crippen molar-refractivity contribution < 1.29 is 18.3 Å². The second-order valence-corrected chi connectivity index (χ2v) is 5.28. The first-order valence-corrected chi connectivity index (χ1v) is 6.30. The molecule has 92 valence electrons. The number of hydrogen-bond acceptors (Lipinski definition) is 3. The third-order valence-electron chi connectivity index (χ3n) is 2.28. The van der Waals surface area contributed by atoms with Crippen molar-refractivity contribution >= 4 is 39.3 Å². The summed E-state index contributed by atoms with van der Waals surface area (Å²) in [5, 5.41) is 9.35. The Hall–Kier alpha value is -1.53. The van der Waals surface area contributed by atoms with Gasteiger partial charge in [0, 0.05) is 11.6 Å². The number of aromatic nitrogens is 1. The summed E-state index contributed by atoms with van der Waals surface area (Å²) in [5.74, 6) is -1.07. The zero-order chi connectivity index (χ0) is 11.9. The predicted molar refractivity (Wildman–Crippen MR) is 66.4 cm³/mol. The molecule has 0 unspecified atom stereocenters. The Morgan fingerprint density at radius 2 is 1.94 bits per heavy atom. The van der Waals surface area contributed by atoms with Gasteiger partial charge in [-0.05, 0) is 18.2 Å².